The highest BCUT2D eigenvalue weighted by molar-refractivity contribution is 5.23. The Balaban J connectivity index is 1.78. The molecule has 1 heterocycles. The number of rotatable bonds is 1. The van der Waals surface area contributed by atoms with Crippen LogP contribution in [0.2, 0.25) is 0 Å². The average Bonchev–Trinajstić information content (AvgIpc) is 2.57. The Hall–Kier alpha value is -0.340. The fourth-order valence-corrected chi connectivity index (χ4v) is 3.89. The highest BCUT2D eigenvalue weighted by atomic mass is 15.2. The molecule has 0 amide bonds. The molecule has 0 radical (unpaired) electrons. The van der Waals surface area contributed by atoms with Crippen molar-refractivity contribution in [3.05, 3.63) is 11.6 Å². The van der Waals surface area contributed by atoms with Crippen LogP contribution in [-0.2, 0) is 0 Å². The minimum absolute atomic E-state index is 0.537. The van der Waals surface area contributed by atoms with E-state index in [-0.39, 0.29) is 0 Å². The number of nitrogens with zero attached hydrogens (tertiary/aromatic N) is 1. The number of hydrogen-bond donors (Lipinski definition) is 1. The van der Waals surface area contributed by atoms with E-state index in [1.54, 1.807) is 5.57 Å². The monoisotopic (exact) mass is 206 g/mol. The zero-order chi connectivity index (χ0) is 10.3. The average molecular weight is 206 g/mol. The smallest absolute Gasteiger partial charge is 0.0284 e. The molecule has 0 aromatic heterocycles. The lowest BCUT2D eigenvalue weighted by molar-refractivity contribution is 0.0510. The van der Waals surface area contributed by atoms with Crippen LogP contribution in [0.4, 0.5) is 0 Å². The van der Waals surface area contributed by atoms with Gasteiger partial charge in [0.2, 0.25) is 0 Å². The van der Waals surface area contributed by atoms with E-state index < -0.39 is 0 Å². The topological polar surface area (TPSA) is 15.3 Å². The van der Waals surface area contributed by atoms with E-state index in [1.807, 2.05) is 0 Å². The summed E-state index contributed by atoms with van der Waals surface area (Å²) in [6.45, 7) is 7.31. The molecule has 2 aliphatic carbocycles. The third kappa shape index (κ3) is 1.64. The van der Waals surface area contributed by atoms with Crippen molar-refractivity contribution >= 4 is 0 Å². The van der Waals surface area contributed by atoms with Gasteiger partial charge < -0.3 is 5.32 Å². The first-order valence-electron chi connectivity index (χ1n) is 6.42. The third-order valence-electron chi connectivity index (χ3n) is 4.45. The second kappa shape index (κ2) is 3.60. The van der Waals surface area contributed by atoms with Crippen molar-refractivity contribution in [3.8, 4) is 0 Å². The molecule has 1 saturated heterocycles. The van der Waals surface area contributed by atoms with Crippen LogP contribution >= 0.6 is 0 Å². The predicted molar refractivity (Wildman–Crippen MR) is 62.9 cm³/mol. The van der Waals surface area contributed by atoms with E-state index in [0.29, 0.717) is 5.54 Å². The fourth-order valence-electron chi connectivity index (χ4n) is 3.89. The van der Waals surface area contributed by atoms with E-state index in [4.69, 9.17) is 0 Å². The molecule has 0 aromatic carbocycles. The van der Waals surface area contributed by atoms with Crippen LogP contribution in [0.25, 0.3) is 0 Å². The quantitative estimate of drug-likeness (QED) is 0.658. The van der Waals surface area contributed by atoms with Crippen molar-refractivity contribution < 1.29 is 0 Å². The van der Waals surface area contributed by atoms with Crippen molar-refractivity contribution in [1.82, 2.24) is 10.2 Å². The summed E-state index contributed by atoms with van der Waals surface area (Å²) >= 11 is 0. The molecule has 2 heteroatoms. The fraction of sp³-hybridized carbons (Fsp3) is 0.846. The van der Waals surface area contributed by atoms with Crippen LogP contribution in [0.15, 0.2) is 11.6 Å². The summed E-state index contributed by atoms with van der Waals surface area (Å²) in [5.41, 5.74) is 2.28. The number of piperazine rings is 1. The van der Waals surface area contributed by atoms with Crippen LogP contribution in [-0.4, -0.2) is 36.6 Å². The Morgan fingerprint density at radius 3 is 3.00 bits per heavy atom. The van der Waals surface area contributed by atoms with Gasteiger partial charge in [-0.25, -0.2) is 0 Å². The van der Waals surface area contributed by atoms with Gasteiger partial charge in [-0.05, 0) is 31.6 Å². The molecule has 2 nitrogen and oxygen atoms in total. The molecule has 2 unspecified atom stereocenters. The summed E-state index contributed by atoms with van der Waals surface area (Å²) in [6, 6.07) is 0. The summed E-state index contributed by atoms with van der Waals surface area (Å²) in [5, 5.41) is 3.46. The van der Waals surface area contributed by atoms with Gasteiger partial charge in [-0.15, -0.1) is 0 Å². The van der Waals surface area contributed by atoms with Gasteiger partial charge in [0.15, 0.2) is 0 Å². The van der Waals surface area contributed by atoms with Crippen LogP contribution in [0, 0.1) is 5.92 Å². The maximum Gasteiger partial charge on any atom is 0.0284 e. The first-order valence-corrected chi connectivity index (χ1v) is 6.42. The standard InChI is InChI=1S/C13H22N2/c1-11-8-12-2-3-13(9-11,10-12)15-6-4-14-5-7-15/h2,11,14H,3-10H2,1H3. The van der Waals surface area contributed by atoms with Gasteiger partial charge in [-0.3, -0.25) is 4.90 Å². The molecule has 0 aromatic rings. The second-order valence-electron chi connectivity index (χ2n) is 5.72. The summed E-state index contributed by atoms with van der Waals surface area (Å²) in [6.07, 6.45) is 8.02. The van der Waals surface area contributed by atoms with Gasteiger partial charge in [0.25, 0.3) is 0 Å². The highest BCUT2D eigenvalue weighted by Crippen LogP contribution is 2.47. The molecule has 1 N–H and O–H groups in total. The van der Waals surface area contributed by atoms with Gasteiger partial charge in [-0.2, -0.15) is 0 Å². The van der Waals surface area contributed by atoms with E-state index >= 15 is 0 Å². The van der Waals surface area contributed by atoms with Gasteiger partial charge >= 0.3 is 0 Å². The van der Waals surface area contributed by atoms with Gasteiger partial charge in [-0.1, -0.05) is 18.6 Å². The molecule has 3 rings (SSSR count). The minimum atomic E-state index is 0.537. The number of hydrogen-bond acceptors (Lipinski definition) is 2. The van der Waals surface area contributed by atoms with Crippen molar-refractivity contribution in [2.45, 2.75) is 38.1 Å². The van der Waals surface area contributed by atoms with E-state index in [0.717, 1.165) is 5.92 Å². The molecule has 84 valence electrons. The largest absolute Gasteiger partial charge is 0.314 e. The highest BCUT2D eigenvalue weighted by Gasteiger charge is 2.44. The van der Waals surface area contributed by atoms with Crippen LogP contribution in [0.3, 0.4) is 0 Å². The Labute approximate surface area is 92.7 Å². The van der Waals surface area contributed by atoms with Crippen LogP contribution in [0.1, 0.15) is 32.6 Å². The summed E-state index contributed by atoms with van der Waals surface area (Å²) < 4.78 is 0. The van der Waals surface area contributed by atoms with E-state index in [1.165, 1.54) is 51.9 Å². The lowest BCUT2D eigenvalue weighted by atomic mass is 9.76. The van der Waals surface area contributed by atoms with Gasteiger partial charge in [0.05, 0.1) is 0 Å². The molecule has 2 atom stereocenters. The van der Waals surface area contributed by atoms with Gasteiger partial charge in [0.1, 0.15) is 0 Å². The maximum absolute atomic E-state index is 3.46. The first kappa shape index (κ1) is 9.86. The molecule has 1 aliphatic heterocycles. The maximum atomic E-state index is 3.46. The second-order valence-corrected chi connectivity index (χ2v) is 5.72. The Kier molecular flexibility index (Phi) is 2.37. The SMILES string of the molecule is CC1CC2=CCC(N3CCNCC3)(C2)C1. The summed E-state index contributed by atoms with van der Waals surface area (Å²) in [4.78, 5) is 2.77. The predicted octanol–water partition coefficient (Wildman–Crippen LogP) is 1.78. The summed E-state index contributed by atoms with van der Waals surface area (Å²) in [5.74, 6) is 0.905. The van der Waals surface area contributed by atoms with Crippen molar-refractivity contribution in [1.29, 1.82) is 0 Å². The lowest BCUT2D eigenvalue weighted by Gasteiger charge is -2.47. The van der Waals surface area contributed by atoms with Crippen molar-refractivity contribution in [3.63, 3.8) is 0 Å². The Morgan fingerprint density at radius 2 is 2.20 bits per heavy atom. The molecule has 2 bridgehead atoms. The third-order valence-corrected chi connectivity index (χ3v) is 4.45. The van der Waals surface area contributed by atoms with Crippen molar-refractivity contribution in [2.24, 2.45) is 5.92 Å². The zero-order valence-electron chi connectivity index (χ0n) is 9.76. The van der Waals surface area contributed by atoms with E-state index in [2.05, 4.69) is 23.2 Å². The zero-order valence-corrected chi connectivity index (χ0v) is 9.76. The molecule has 3 aliphatic rings. The number of nitrogens with one attached hydrogen (secondary N) is 1. The molecule has 0 spiro atoms. The number of fused-ring (bicyclic) bond motifs is 2. The van der Waals surface area contributed by atoms with E-state index in [9.17, 15) is 0 Å². The normalized spacial score (nSPS) is 41.7. The van der Waals surface area contributed by atoms with Gasteiger partial charge in [0, 0.05) is 31.7 Å². The molecule has 2 fully saturated rings. The lowest BCUT2D eigenvalue weighted by Crippen LogP contribution is -2.56. The van der Waals surface area contributed by atoms with Crippen LogP contribution in [0.5, 0.6) is 0 Å². The van der Waals surface area contributed by atoms with Crippen LogP contribution < -0.4 is 5.32 Å². The molecular formula is C13H22N2. The Bertz CT molecular complexity index is 278. The first-order chi connectivity index (χ1) is 7.28. The minimum Gasteiger partial charge on any atom is -0.314 e. The summed E-state index contributed by atoms with van der Waals surface area (Å²) in [7, 11) is 0. The van der Waals surface area contributed by atoms with Crippen molar-refractivity contribution in [2.75, 3.05) is 26.2 Å². The molecule has 15 heavy (non-hydrogen) atoms. The molecular weight excluding hydrogens is 184 g/mol. The molecule has 1 saturated carbocycles. The Morgan fingerprint density at radius 1 is 1.40 bits per heavy atom.